The first-order valence-corrected chi connectivity index (χ1v) is 24.3. The molecule has 1 atom stereocenters. The monoisotopic (exact) mass is 723 g/mol. The van der Waals surface area contributed by atoms with E-state index in [9.17, 15) is 0 Å². The molecule has 5 heteroatoms. The van der Waals surface area contributed by atoms with E-state index < -0.39 is 19.5 Å². The fourth-order valence-corrected chi connectivity index (χ4v) is 14.2. The highest BCUT2D eigenvalue weighted by Crippen LogP contribution is 2.63. The zero-order chi connectivity index (χ0) is 35.4. The van der Waals surface area contributed by atoms with Crippen LogP contribution in [0.1, 0.15) is 27.8 Å². The van der Waals surface area contributed by atoms with E-state index in [1.165, 1.54) is 60.8 Å². The van der Waals surface area contributed by atoms with Crippen LogP contribution in [0.2, 0.25) is 19.6 Å². The average molecular weight is 724 g/mol. The SMILES string of the molecule is Cc1ccc2c(c1)C1(c3ccccc3-c3ccccc31)c1cc([Si](C)(C)C)ccc1N2c1ccc2c(c1)Oc1ccccc1P2(=S)c1ccccc1. The van der Waals surface area contributed by atoms with Gasteiger partial charge in [0.15, 0.2) is 0 Å². The molecule has 2 heterocycles. The van der Waals surface area contributed by atoms with Crippen molar-refractivity contribution in [2.24, 2.45) is 0 Å². The van der Waals surface area contributed by atoms with Gasteiger partial charge in [0.2, 0.25) is 0 Å². The normalized spacial score (nSPS) is 17.3. The molecule has 1 unspecified atom stereocenters. The van der Waals surface area contributed by atoms with Crippen LogP contribution in [0.25, 0.3) is 11.1 Å². The Morgan fingerprint density at radius 1 is 0.558 bits per heavy atom. The lowest BCUT2D eigenvalue weighted by atomic mass is 9.64. The Kier molecular flexibility index (Phi) is 6.86. The Morgan fingerprint density at radius 2 is 1.15 bits per heavy atom. The number of anilines is 3. The molecule has 3 aliphatic rings. The summed E-state index contributed by atoms with van der Waals surface area (Å²) in [7, 11) is -1.70. The van der Waals surface area contributed by atoms with Crippen LogP contribution in [0.3, 0.4) is 0 Å². The third-order valence-electron chi connectivity index (χ3n) is 11.3. The van der Waals surface area contributed by atoms with Gasteiger partial charge in [-0.15, -0.1) is 0 Å². The van der Waals surface area contributed by atoms with Crippen molar-refractivity contribution in [3.8, 4) is 22.6 Å². The Labute approximate surface area is 312 Å². The van der Waals surface area contributed by atoms with Gasteiger partial charge in [-0.25, -0.2) is 0 Å². The van der Waals surface area contributed by atoms with Crippen molar-refractivity contribution in [2.75, 3.05) is 4.90 Å². The van der Waals surface area contributed by atoms with Crippen molar-refractivity contribution in [1.29, 1.82) is 0 Å². The first-order chi connectivity index (χ1) is 25.2. The quantitative estimate of drug-likeness (QED) is 0.133. The molecular weight excluding hydrogens is 686 g/mol. The Hall–Kier alpha value is -4.99. The van der Waals surface area contributed by atoms with E-state index in [1.54, 1.807) is 0 Å². The second kappa shape index (κ2) is 11.3. The number of para-hydroxylation sites is 1. The topological polar surface area (TPSA) is 12.5 Å². The van der Waals surface area contributed by atoms with Gasteiger partial charge in [-0.2, -0.15) is 0 Å². The van der Waals surface area contributed by atoms with E-state index in [2.05, 4.69) is 183 Å². The van der Waals surface area contributed by atoms with Crippen LogP contribution in [-0.2, 0) is 17.2 Å². The van der Waals surface area contributed by atoms with Gasteiger partial charge in [-0.05, 0) is 82.0 Å². The van der Waals surface area contributed by atoms with E-state index >= 15 is 0 Å². The molecule has 0 bridgehead atoms. The van der Waals surface area contributed by atoms with Crippen molar-refractivity contribution in [1.82, 2.24) is 0 Å². The summed E-state index contributed by atoms with van der Waals surface area (Å²) in [5, 5.41) is 4.84. The van der Waals surface area contributed by atoms with Crippen LogP contribution in [0.5, 0.6) is 11.5 Å². The molecule has 10 rings (SSSR count). The molecule has 0 radical (unpaired) electrons. The lowest BCUT2D eigenvalue weighted by molar-refractivity contribution is 0.488. The predicted molar refractivity (Wildman–Crippen MR) is 226 cm³/mol. The van der Waals surface area contributed by atoms with Crippen molar-refractivity contribution in [3.05, 3.63) is 186 Å². The van der Waals surface area contributed by atoms with Crippen molar-refractivity contribution in [3.63, 3.8) is 0 Å². The lowest BCUT2D eigenvalue weighted by Gasteiger charge is -2.46. The summed E-state index contributed by atoms with van der Waals surface area (Å²) in [4.78, 5) is 2.48. The van der Waals surface area contributed by atoms with Gasteiger partial charge in [0.25, 0.3) is 0 Å². The van der Waals surface area contributed by atoms with Crippen LogP contribution in [-0.4, -0.2) is 8.07 Å². The van der Waals surface area contributed by atoms with E-state index in [1.807, 2.05) is 6.07 Å². The first kappa shape index (κ1) is 31.7. The number of fused-ring (bicyclic) bond motifs is 11. The molecule has 0 N–H and O–H groups in total. The fourth-order valence-electron chi connectivity index (χ4n) is 8.96. The van der Waals surface area contributed by atoms with Crippen molar-refractivity contribution >= 4 is 64.1 Å². The van der Waals surface area contributed by atoms with Gasteiger partial charge in [0, 0.05) is 28.4 Å². The molecule has 1 spiro atoms. The van der Waals surface area contributed by atoms with Crippen LogP contribution >= 0.6 is 6.04 Å². The van der Waals surface area contributed by atoms with Crippen molar-refractivity contribution < 1.29 is 4.74 Å². The molecule has 252 valence electrons. The minimum absolute atomic E-state index is 0.464. The summed E-state index contributed by atoms with van der Waals surface area (Å²) in [6.07, 6.45) is 0. The second-order valence-corrected chi connectivity index (χ2v) is 24.8. The highest BCUT2D eigenvalue weighted by Gasteiger charge is 2.52. The summed E-state index contributed by atoms with van der Waals surface area (Å²) in [5.41, 5.74) is 12.2. The molecule has 0 saturated carbocycles. The predicted octanol–water partition coefficient (Wildman–Crippen LogP) is 10.5. The first-order valence-electron chi connectivity index (χ1n) is 18.0. The Bertz CT molecular complexity index is 2610. The molecule has 52 heavy (non-hydrogen) atoms. The van der Waals surface area contributed by atoms with Crippen LogP contribution in [0, 0.1) is 6.92 Å². The lowest BCUT2D eigenvalue weighted by Crippen LogP contribution is -2.42. The third kappa shape index (κ3) is 4.26. The molecule has 0 saturated heterocycles. The van der Waals surface area contributed by atoms with E-state index in [4.69, 9.17) is 16.5 Å². The summed E-state index contributed by atoms with van der Waals surface area (Å²) < 4.78 is 6.81. The Morgan fingerprint density at radius 3 is 1.87 bits per heavy atom. The van der Waals surface area contributed by atoms with Crippen LogP contribution < -0.4 is 30.7 Å². The van der Waals surface area contributed by atoms with E-state index in [0.29, 0.717) is 0 Å². The van der Waals surface area contributed by atoms with Crippen LogP contribution in [0.15, 0.2) is 158 Å². The average Bonchev–Trinajstić information content (AvgIpc) is 3.46. The van der Waals surface area contributed by atoms with E-state index in [-0.39, 0.29) is 0 Å². The Balaban J connectivity index is 1.27. The van der Waals surface area contributed by atoms with Gasteiger partial charge >= 0.3 is 0 Å². The maximum absolute atomic E-state index is 6.81. The number of benzene rings is 7. The van der Waals surface area contributed by atoms with E-state index in [0.717, 1.165) is 27.8 Å². The molecule has 7 aromatic carbocycles. The molecule has 7 aromatic rings. The summed E-state index contributed by atoms with van der Waals surface area (Å²) in [6, 6.07) is 55.9. The van der Waals surface area contributed by atoms with Crippen molar-refractivity contribution in [2.45, 2.75) is 32.0 Å². The minimum Gasteiger partial charge on any atom is -0.456 e. The molecular formula is C47H38NOPSSi. The molecule has 2 nitrogen and oxygen atoms in total. The number of ether oxygens (including phenoxy) is 1. The zero-order valence-corrected chi connectivity index (χ0v) is 32.4. The largest absolute Gasteiger partial charge is 0.456 e. The molecule has 1 aliphatic carbocycles. The molecule has 0 aromatic heterocycles. The number of rotatable bonds is 3. The number of hydrogen-bond acceptors (Lipinski definition) is 3. The maximum Gasteiger partial charge on any atom is 0.138 e. The highest BCUT2D eigenvalue weighted by atomic mass is 32.4. The standard InChI is InChI=1S/C47H38NOPSSi/c1-31-22-25-41-39(28-31)47(37-18-10-8-16-35(37)36-17-9-11-19-38(36)47)40-30-34(52(2,3)4)24-26-42(40)48(41)32-23-27-46-44(29-32)49-43-20-12-13-21-45(43)50(46,51)33-14-6-5-7-15-33/h5-30H,1-4H3. The van der Waals surface area contributed by atoms with Gasteiger partial charge in [-0.3, -0.25) is 0 Å². The molecule has 2 aliphatic heterocycles. The number of hydrogen-bond donors (Lipinski definition) is 0. The molecule has 0 fully saturated rings. The molecule has 0 amide bonds. The number of aryl methyl sites for hydroxylation is 1. The smallest absolute Gasteiger partial charge is 0.138 e. The summed E-state index contributed by atoms with van der Waals surface area (Å²) in [6.45, 7) is 9.57. The van der Waals surface area contributed by atoms with Gasteiger partial charge < -0.3 is 9.64 Å². The van der Waals surface area contributed by atoms with Gasteiger partial charge in [0.1, 0.15) is 11.5 Å². The maximum atomic E-state index is 6.81. The third-order valence-corrected chi connectivity index (χ3v) is 18.3. The second-order valence-electron chi connectivity index (χ2n) is 15.3. The van der Waals surface area contributed by atoms with Gasteiger partial charge in [-0.1, -0.05) is 157 Å². The summed E-state index contributed by atoms with van der Waals surface area (Å²) >= 11 is 6.78. The minimum atomic E-state index is -2.37. The number of nitrogens with zero attached hydrogens (tertiary/aromatic N) is 1. The van der Waals surface area contributed by atoms with Gasteiger partial charge in [0.05, 0.1) is 24.9 Å². The fraction of sp³-hybridized carbons (Fsp3) is 0.106. The summed E-state index contributed by atoms with van der Waals surface area (Å²) in [5.74, 6) is 1.70. The highest BCUT2D eigenvalue weighted by molar-refractivity contribution is 8.25. The zero-order valence-electron chi connectivity index (χ0n) is 29.7. The van der Waals surface area contributed by atoms with Crippen LogP contribution in [0.4, 0.5) is 17.1 Å².